The normalized spacial score (nSPS) is 20.9. The Labute approximate surface area is 277 Å². The van der Waals surface area contributed by atoms with E-state index >= 15 is 0 Å². The molecule has 7 nitrogen and oxygen atoms in total. The highest BCUT2D eigenvalue weighted by Gasteiger charge is 2.46. The summed E-state index contributed by atoms with van der Waals surface area (Å²) >= 11 is 1.77. The molecule has 0 spiro atoms. The molecule has 0 saturated carbocycles. The number of carbonyl (C=O) groups is 2. The molecule has 1 N–H and O–H groups in total. The van der Waals surface area contributed by atoms with Crippen molar-refractivity contribution in [3.05, 3.63) is 89.0 Å². The number of nitrogens with zero attached hydrogens (tertiary/aromatic N) is 3. The minimum atomic E-state index is -0.692. The van der Waals surface area contributed by atoms with E-state index in [0.29, 0.717) is 13.1 Å². The molecule has 7 rings (SSSR count). The zero-order valence-corrected chi connectivity index (χ0v) is 27.8. The van der Waals surface area contributed by atoms with Crippen LogP contribution in [0.5, 0.6) is 0 Å². The van der Waals surface area contributed by atoms with Crippen LogP contribution in [0.25, 0.3) is 0 Å². The van der Waals surface area contributed by atoms with E-state index in [0.717, 1.165) is 100 Å². The maximum atomic E-state index is 14.0. The minimum absolute atomic E-state index is 0.104. The van der Waals surface area contributed by atoms with Gasteiger partial charge in [-0.05, 0) is 92.9 Å². The smallest absolute Gasteiger partial charge is 0.254 e. The fourth-order valence-electron chi connectivity index (χ4n) is 7.89. The van der Waals surface area contributed by atoms with Crippen molar-refractivity contribution >= 4 is 29.3 Å². The number of benzene rings is 3. The summed E-state index contributed by atoms with van der Waals surface area (Å²) in [5.74, 6) is 0.257. The van der Waals surface area contributed by atoms with Gasteiger partial charge in [0.25, 0.3) is 5.91 Å². The number of hydrogen-bond acceptors (Lipinski definition) is 6. The first kappa shape index (κ1) is 31.3. The van der Waals surface area contributed by atoms with Gasteiger partial charge in [0.05, 0.1) is 6.10 Å². The quantitative estimate of drug-likeness (QED) is 0.323. The van der Waals surface area contributed by atoms with E-state index in [-0.39, 0.29) is 17.9 Å². The third-order valence-electron chi connectivity index (χ3n) is 10.4. The summed E-state index contributed by atoms with van der Waals surface area (Å²) in [5, 5.41) is 3.20. The van der Waals surface area contributed by atoms with E-state index in [1.807, 2.05) is 11.8 Å². The number of anilines is 1. The predicted octanol–water partition coefficient (Wildman–Crippen LogP) is 5.74. The van der Waals surface area contributed by atoms with Crippen LogP contribution in [0.3, 0.4) is 0 Å². The van der Waals surface area contributed by atoms with Gasteiger partial charge in [-0.3, -0.25) is 14.5 Å². The summed E-state index contributed by atoms with van der Waals surface area (Å²) in [6.07, 6.45) is 6.15. The van der Waals surface area contributed by atoms with Crippen LogP contribution in [0.2, 0.25) is 0 Å². The zero-order valence-electron chi connectivity index (χ0n) is 27.0. The van der Waals surface area contributed by atoms with Gasteiger partial charge < -0.3 is 19.9 Å². The third-order valence-corrected chi connectivity index (χ3v) is 11.5. The number of hydrogen-bond donors (Lipinski definition) is 1. The van der Waals surface area contributed by atoms with Crippen molar-refractivity contribution in [1.29, 1.82) is 0 Å². The Balaban J connectivity index is 0.999. The Hall–Kier alpha value is -3.33. The van der Waals surface area contributed by atoms with Crippen LogP contribution in [0.1, 0.15) is 66.1 Å². The van der Waals surface area contributed by atoms with Crippen LogP contribution in [0.4, 0.5) is 5.69 Å². The van der Waals surface area contributed by atoms with E-state index in [1.54, 1.807) is 11.8 Å². The highest BCUT2D eigenvalue weighted by atomic mass is 32.2. The highest BCUT2D eigenvalue weighted by Crippen LogP contribution is 2.51. The van der Waals surface area contributed by atoms with E-state index < -0.39 is 5.41 Å². The van der Waals surface area contributed by atoms with Gasteiger partial charge in [0, 0.05) is 73.5 Å². The summed E-state index contributed by atoms with van der Waals surface area (Å²) in [5.41, 5.74) is 4.73. The molecule has 0 radical (unpaired) electrons. The van der Waals surface area contributed by atoms with E-state index in [4.69, 9.17) is 4.74 Å². The van der Waals surface area contributed by atoms with E-state index in [2.05, 4.69) is 81.8 Å². The summed E-state index contributed by atoms with van der Waals surface area (Å²) in [6.45, 7) is 9.65. The predicted molar refractivity (Wildman–Crippen MR) is 184 cm³/mol. The second-order valence-corrected chi connectivity index (χ2v) is 14.2. The molecule has 3 aromatic rings. The summed E-state index contributed by atoms with van der Waals surface area (Å²) in [7, 11) is 0. The molecule has 0 aromatic heterocycles. The number of rotatable bonds is 9. The van der Waals surface area contributed by atoms with Gasteiger partial charge in [0.15, 0.2) is 0 Å². The second-order valence-electron chi connectivity index (χ2n) is 13.1. The van der Waals surface area contributed by atoms with Crippen molar-refractivity contribution in [3.8, 4) is 0 Å². The van der Waals surface area contributed by atoms with Crippen LogP contribution >= 0.6 is 11.8 Å². The van der Waals surface area contributed by atoms with E-state index in [1.165, 1.54) is 21.8 Å². The SMILES string of the molecule is CCNC(=O)C1(CCCN2CCN(c3ccc4c(c3)C(=O)N(CC3CCCCO3)CC4)CC2)c2ccccc2Sc2ccccc21. The molecule has 3 aromatic carbocycles. The monoisotopic (exact) mass is 638 g/mol. The average Bonchev–Trinajstić information content (AvgIpc) is 3.10. The molecular weight excluding hydrogens is 593 g/mol. The largest absolute Gasteiger partial charge is 0.376 e. The minimum Gasteiger partial charge on any atom is -0.376 e. The summed E-state index contributed by atoms with van der Waals surface area (Å²) in [4.78, 5) is 36.8. The Morgan fingerprint density at radius 2 is 1.70 bits per heavy atom. The number of piperazine rings is 1. The van der Waals surface area contributed by atoms with Crippen LogP contribution in [-0.4, -0.2) is 86.7 Å². The molecule has 46 heavy (non-hydrogen) atoms. The van der Waals surface area contributed by atoms with Crippen molar-refractivity contribution < 1.29 is 14.3 Å². The molecule has 1 atom stereocenters. The Morgan fingerprint density at radius 1 is 0.957 bits per heavy atom. The molecule has 4 aliphatic rings. The molecule has 2 saturated heterocycles. The number of likely N-dealkylation sites (N-methyl/N-ethyl adjacent to an activating group) is 1. The molecule has 2 fully saturated rings. The average molecular weight is 639 g/mol. The second kappa shape index (κ2) is 13.8. The molecule has 1 unspecified atom stereocenters. The van der Waals surface area contributed by atoms with Crippen LogP contribution in [0, 0.1) is 0 Å². The third kappa shape index (κ3) is 6.07. The van der Waals surface area contributed by atoms with Crippen molar-refractivity contribution in [2.24, 2.45) is 0 Å². The van der Waals surface area contributed by atoms with Crippen molar-refractivity contribution in [1.82, 2.24) is 15.1 Å². The molecule has 0 aliphatic carbocycles. The lowest BCUT2D eigenvalue weighted by Gasteiger charge is -2.40. The molecule has 242 valence electrons. The van der Waals surface area contributed by atoms with Gasteiger partial charge in [0.1, 0.15) is 5.41 Å². The fourth-order valence-corrected chi connectivity index (χ4v) is 9.13. The number of amides is 2. The van der Waals surface area contributed by atoms with Gasteiger partial charge in [-0.25, -0.2) is 0 Å². The zero-order chi connectivity index (χ0) is 31.5. The standard InChI is InChI=1S/C38H46N4O3S/c1-2-39-37(44)38(32-11-3-5-13-34(32)46-35-14-6-4-12-33(35)38)18-9-19-40-21-23-41(24-22-40)29-16-15-28-17-20-42(36(43)31(28)26-29)27-30-10-7-8-25-45-30/h3-6,11-16,26,30H,2,7-10,17-25,27H2,1H3,(H,39,44). The Bertz CT molecular complexity index is 1520. The van der Waals surface area contributed by atoms with Crippen LogP contribution in [0.15, 0.2) is 76.5 Å². The highest BCUT2D eigenvalue weighted by molar-refractivity contribution is 7.99. The van der Waals surface area contributed by atoms with Gasteiger partial charge in [-0.15, -0.1) is 0 Å². The van der Waals surface area contributed by atoms with Gasteiger partial charge in [-0.1, -0.05) is 54.2 Å². The number of nitrogens with one attached hydrogen (secondary N) is 1. The summed E-state index contributed by atoms with van der Waals surface area (Å²) < 4.78 is 5.94. The maximum absolute atomic E-state index is 14.0. The number of fused-ring (bicyclic) bond motifs is 3. The van der Waals surface area contributed by atoms with Crippen molar-refractivity contribution in [3.63, 3.8) is 0 Å². The summed E-state index contributed by atoms with van der Waals surface area (Å²) in [6, 6.07) is 23.4. The van der Waals surface area contributed by atoms with Gasteiger partial charge in [0.2, 0.25) is 5.91 Å². The van der Waals surface area contributed by atoms with Crippen molar-refractivity contribution in [2.45, 2.75) is 66.8 Å². The number of ether oxygens (including phenoxy) is 1. The van der Waals surface area contributed by atoms with Gasteiger partial charge in [-0.2, -0.15) is 0 Å². The first-order valence-corrected chi connectivity index (χ1v) is 18.0. The Morgan fingerprint density at radius 3 is 2.39 bits per heavy atom. The molecule has 8 heteroatoms. The molecule has 4 heterocycles. The van der Waals surface area contributed by atoms with Crippen LogP contribution in [-0.2, 0) is 21.4 Å². The van der Waals surface area contributed by atoms with Crippen LogP contribution < -0.4 is 10.2 Å². The topological polar surface area (TPSA) is 65.1 Å². The lowest BCUT2D eigenvalue weighted by Crippen LogP contribution is -2.49. The molecule has 2 amide bonds. The molecule has 0 bridgehead atoms. The van der Waals surface area contributed by atoms with Crippen molar-refractivity contribution in [2.75, 3.05) is 63.9 Å². The fraction of sp³-hybridized carbons (Fsp3) is 0.474. The first-order valence-electron chi connectivity index (χ1n) is 17.2. The first-order chi connectivity index (χ1) is 22.6. The van der Waals surface area contributed by atoms with Gasteiger partial charge >= 0.3 is 0 Å². The number of carbonyl (C=O) groups excluding carboxylic acids is 2. The lowest BCUT2D eigenvalue weighted by atomic mass is 9.70. The lowest BCUT2D eigenvalue weighted by molar-refractivity contribution is -0.125. The molecular formula is C38H46N4O3S. The Kier molecular flexibility index (Phi) is 9.38. The maximum Gasteiger partial charge on any atom is 0.254 e. The molecule has 4 aliphatic heterocycles. The van der Waals surface area contributed by atoms with E-state index in [9.17, 15) is 9.59 Å².